The van der Waals surface area contributed by atoms with Crippen LogP contribution in [0.5, 0.6) is 5.75 Å². The normalized spacial score (nSPS) is 18.9. The first-order valence-electron chi connectivity index (χ1n) is 11.6. The summed E-state index contributed by atoms with van der Waals surface area (Å²) in [6.07, 6.45) is 9.02. The van der Waals surface area contributed by atoms with Crippen LogP contribution in [-0.4, -0.2) is 55.5 Å². The number of nitrogens with zero attached hydrogens (tertiary/aromatic N) is 2. The Labute approximate surface area is 190 Å². The molecule has 0 radical (unpaired) electrons. The molecular formula is C26H34N2O2S. The second-order valence-electron chi connectivity index (χ2n) is 8.59. The average molecular weight is 439 g/mol. The second kappa shape index (κ2) is 11.0. The molecule has 2 aliphatic heterocycles. The Morgan fingerprint density at radius 3 is 2.52 bits per heavy atom. The Morgan fingerprint density at radius 2 is 1.84 bits per heavy atom. The van der Waals surface area contributed by atoms with Gasteiger partial charge in [-0.1, -0.05) is 49.2 Å². The molecule has 1 amide bonds. The average Bonchev–Trinajstić information content (AvgIpc) is 3.13. The molecule has 31 heavy (non-hydrogen) atoms. The quantitative estimate of drug-likeness (QED) is 0.578. The second-order valence-corrected chi connectivity index (χ2v) is 9.51. The van der Waals surface area contributed by atoms with Crippen LogP contribution in [0.2, 0.25) is 0 Å². The van der Waals surface area contributed by atoms with Gasteiger partial charge in [-0.3, -0.25) is 9.69 Å². The molecule has 1 fully saturated rings. The molecule has 2 aliphatic rings. The van der Waals surface area contributed by atoms with E-state index in [0.717, 1.165) is 69.7 Å². The molecule has 3 heterocycles. The number of rotatable bonds is 7. The first-order valence-corrected chi connectivity index (χ1v) is 12.5. The van der Waals surface area contributed by atoms with Crippen molar-refractivity contribution >= 4 is 22.8 Å². The Hall–Kier alpha value is -2.11. The first kappa shape index (κ1) is 22.1. The van der Waals surface area contributed by atoms with E-state index >= 15 is 0 Å². The molecule has 0 spiro atoms. The molecule has 1 atom stereocenters. The number of hydrogen-bond donors (Lipinski definition) is 0. The van der Waals surface area contributed by atoms with Crippen LogP contribution >= 0.6 is 11.3 Å². The summed E-state index contributed by atoms with van der Waals surface area (Å²) in [5.41, 5.74) is 2.55. The third kappa shape index (κ3) is 5.58. The summed E-state index contributed by atoms with van der Waals surface area (Å²) in [6, 6.07) is 12.4. The molecule has 0 aliphatic carbocycles. The highest BCUT2D eigenvalue weighted by molar-refractivity contribution is 7.11. The SMILES string of the molecule is COc1ccsc1C1=CCN(CCC(C(=O)N2CCCCCC2)c2ccccc2)CC1. The highest BCUT2D eigenvalue weighted by atomic mass is 32.1. The molecule has 4 nitrogen and oxygen atoms in total. The van der Waals surface area contributed by atoms with Gasteiger partial charge in [0.15, 0.2) is 0 Å². The zero-order valence-electron chi connectivity index (χ0n) is 18.6. The van der Waals surface area contributed by atoms with Gasteiger partial charge in [0.25, 0.3) is 0 Å². The molecule has 1 unspecified atom stereocenters. The number of likely N-dealkylation sites (tertiary alicyclic amines) is 1. The standard InChI is InChI=1S/C26H34N2O2S/c1-30-24-14-20-31-25(24)22-11-17-27(18-12-22)19-13-23(21-9-5-4-6-10-21)26(29)28-15-7-2-3-8-16-28/h4-6,9-11,14,20,23H,2-3,7-8,12-13,15-19H2,1H3. The van der Waals surface area contributed by atoms with Gasteiger partial charge in [0, 0.05) is 26.2 Å². The molecule has 5 heteroatoms. The lowest BCUT2D eigenvalue weighted by atomic mass is 9.93. The summed E-state index contributed by atoms with van der Waals surface area (Å²) in [5.74, 6) is 1.27. The number of methoxy groups -OCH3 is 1. The fourth-order valence-electron chi connectivity index (χ4n) is 4.75. The predicted octanol–water partition coefficient (Wildman–Crippen LogP) is 5.42. The van der Waals surface area contributed by atoms with E-state index in [0.29, 0.717) is 5.91 Å². The van der Waals surface area contributed by atoms with Gasteiger partial charge in [-0.15, -0.1) is 11.3 Å². The highest BCUT2D eigenvalue weighted by Gasteiger charge is 2.27. The third-order valence-corrected chi connectivity index (χ3v) is 7.56. The summed E-state index contributed by atoms with van der Waals surface area (Å²) in [4.78, 5) is 19.4. The molecule has 0 saturated carbocycles. The van der Waals surface area contributed by atoms with Gasteiger partial charge < -0.3 is 9.64 Å². The van der Waals surface area contributed by atoms with Crippen molar-refractivity contribution in [3.8, 4) is 5.75 Å². The topological polar surface area (TPSA) is 32.8 Å². The maximum Gasteiger partial charge on any atom is 0.230 e. The van der Waals surface area contributed by atoms with Crippen molar-refractivity contribution in [2.24, 2.45) is 0 Å². The molecule has 0 N–H and O–H groups in total. The first-order chi connectivity index (χ1) is 15.3. The number of benzene rings is 1. The number of amides is 1. The summed E-state index contributed by atoms with van der Waals surface area (Å²) in [6.45, 7) is 4.76. The van der Waals surface area contributed by atoms with E-state index in [-0.39, 0.29) is 5.92 Å². The van der Waals surface area contributed by atoms with Crippen molar-refractivity contribution in [2.75, 3.05) is 39.8 Å². The minimum absolute atomic E-state index is 0.0398. The number of carbonyl (C=O) groups excluding carboxylic acids is 1. The Bertz CT molecular complexity index is 869. The highest BCUT2D eigenvalue weighted by Crippen LogP contribution is 2.35. The van der Waals surface area contributed by atoms with Crippen molar-refractivity contribution in [1.82, 2.24) is 9.80 Å². The van der Waals surface area contributed by atoms with Crippen molar-refractivity contribution in [3.05, 3.63) is 58.3 Å². The summed E-state index contributed by atoms with van der Waals surface area (Å²) >= 11 is 1.76. The number of ether oxygens (including phenoxy) is 1. The molecule has 0 bridgehead atoms. The van der Waals surface area contributed by atoms with Gasteiger partial charge in [0.2, 0.25) is 5.91 Å². The van der Waals surface area contributed by atoms with Crippen LogP contribution in [0.15, 0.2) is 47.9 Å². The van der Waals surface area contributed by atoms with Crippen molar-refractivity contribution in [1.29, 1.82) is 0 Å². The molecule has 1 aromatic carbocycles. The fraction of sp³-hybridized carbons (Fsp3) is 0.500. The van der Waals surface area contributed by atoms with Crippen LogP contribution in [0, 0.1) is 0 Å². The minimum atomic E-state index is -0.0398. The largest absolute Gasteiger partial charge is 0.495 e. The Morgan fingerprint density at radius 1 is 1.06 bits per heavy atom. The Balaban J connectivity index is 1.40. The number of thiophene rings is 1. The lowest BCUT2D eigenvalue weighted by Crippen LogP contribution is -2.38. The van der Waals surface area contributed by atoms with E-state index in [9.17, 15) is 4.79 Å². The minimum Gasteiger partial charge on any atom is -0.495 e. The number of hydrogen-bond acceptors (Lipinski definition) is 4. The van der Waals surface area contributed by atoms with E-state index < -0.39 is 0 Å². The predicted molar refractivity (Wildman–Crippen MR) is 129 cm³/mol. The van der Waals surface area contributed by atoms with Crippen LogP contribution in [0.4, 0.5) is 0 Å². The lowest BCUT2D eigenvalue weighted by Gasteiger charge is -2.30. The van der Waals surface area contributed by atoms with E-state index in [1.807, 2.05) is 12.1 Å². The zero-order valence-corrected chi connectivity index (χ0v) is 19.4. The Kier molecular flexibility index (Phi) is 7.81. The van der Waals surface area contributed by atoms with Gasteiger partial charge >= 0.3 is 0 Å². The summed E-state index contributed by atoms with van der Waals surface area (Å²) < 4.78 is 5.50. The monoisotopic (exact) mass is 438 g/mol. The lowest BCUT2D eigenvalue weighted by molar-refractivity contribution is -0.133. The number of carbonyl (C=O) groups is 1. The molecule has 1 saturated heterocycles. The summed E-state index contributed by atoms with van der Waals surface area (Å²) in [7, 11) is 1.74. The molecular weight excluding hydrogens is 404 g/mol. The third-order valence-electron chi connectivity index (χ3n) is 6.59. The molecule has 2 aromatic rings. The van der Waals surface area contributed by atoms with Crippen LogP contribution in [0.25, 0.3) is 5.57 Å². The van der Waals surface area contributed by atoms with Crippen molar-refractivity contribution in [2.45, 2.75) is 44.4 Å². The van der Waals surface area contributed by atoms with Crippen molar-refractivity contribution in [3.63, 3.8) is 0 Å². The van der Waals surface area contributed by atoms with Gasteiger partial charge in [-0.05, 0) is 54.8 Å². The summed E-state index contributed by atoms with van der Waals surface area (Å²) in [5, 5.41) is 2.10. The van der Waals surface area contributed by atoms with Gasteiger partial charge in [-0.25, -0.2) is 0 Å². The van der Waals surface area contributed by atoms with Crippen LogP contribution in [0.1, 0.15) is 54.9 Å². The zero-order chi connectivity index (χ0) is 21.5. The van der Waals surface area contributed by atoms with Crippen LogP contribution in [-0.2, 0) is 4.79 Å². The smallest absolute Gasteiger partial charge is 0.230 e. The fourth-order valence-corrected chi connectivity index (χ4v) is 5.69. The van der Waals surface area contributed by atoms with Gasteiger partial charge in [0.1, 0.15) is 5.75 Å². The van der Waals surface area contributed by atoms with E-state index in [4.69, 9.17) is 4.74 Å². The van der Waals surface area contributed by atoms with Gasteiger partial charge in [0.05, 0.1) is 17.9 Å². The van der Waals surface area contributed by atoms with E-state index in [1.165, 1.54) is 23.3 Å². The van der Waals surface area contributed by atoms with Crippen LogP contribution in [0.3, 0.4) is 0 Å². The molecule has 1 aromatic heterocycles. The van der Waals surface area contributed by atoms with E-state index in [1.54, 1.807) is 18.4 Å². The van der Waals surface area contributed by atoms with Crippen molar-refractivity contribution < 1.29 is 9.53 Å². The van der Waals surface area contributed by atoms with E-state index in [2.05, 4.69) is 45.5 Å². The maximum absolute atomic E-state index is 13.5. The van der Waals surface area contributed by atoms with Gasteiger partial charge in [-0.2, -0.15) is 0 Å². The molecule has 166 valence electrons. The van der Waals surface area contributed by atoms with Crippen LogP contribution < -0.4 is 4.74 Å². The molecule has 4 rings (SSSR count). The maximum atomic E-state index is 13.5.